The highest BCUT2D eigenvalue weighted by molar-refractivity contribution is 7.22. The zero-order chi connectivity index (χ0) is 21.3. The lowest BCUT2D eigenvalue weighted by atomic mass is 10.3. The molecule has 1 amide bonds. The van der Waals surface area contributed by atoms with Gasteiger partial charge in [0.1, 0.15) is 11.2 Å². The van der Waals surface area contributed by atoms with Crippen molar-refractivity contribution in [1.82, 2.24) is 14.1 Å². The Hall–Kier alpha value is -2.65. The monoisotopic (exact) mass is 447 g/mol. The molecule has 1 aromatic carbocycles. The third-order valence-corrected chi connectivity index (χ3v) is 6.35. The summed E-state index contributed by atoms with van der Waals surface area (Å²) in [7, 11) is 0. The van der Waals surface area contributed by atoms with Crippen molar-refractivity contribution in [1.29, 1.82) is 0 Å². The summed E-state index contributed by atoms with van der Waals surface area (Å²) in [5.74, 6) is -0.377. The molecule has 2 aromatic heterocycles. The molecule has 3 heterocycles. The molecule has 0 bridgehead atoms. The molecule has 1 aliphatic rings. The second-order valence-electron chi connectivity index (χ2n) is 7.22. The number of hydrogen-bond donors (Lipinski definition) is 1. The summed E-state index contributed by atoms with van der Waals surface area (Å²) in [5.41, 5.74) is -0.00449. The predicted octanol–water partition coefficient (Wildman–Crippen LogP) is 2.92. The second kappa shape index (κ2) is 8.61. The summed E-state index contributed by atoms with van der Waals surface area (Å²) >= 11 is 7.17. The summed E-state index contributed by atoms with van der Waals surface area (Å²) in [6.45, 7) is 3.72. The van der Waals surface area contributed by atoms with Crippen LogP contribution in [0, 0.1) is 0 Å². The number of carbonyl (C=O) groups is 1. The maximum atomic E-state index is 13.0. The summed E-state index contributed by atoms with van der Waals surface area (Å²) in [6.07, 6.45) is 2.79. The van der Waals surface area contributed by atoms with Gasteiger partial charge < -0.3 is 10.2 Å². The highest BCUT2D eigenvalue weighted by Crippen LogP contribution is 2.28. The Morgan fingerprint density at radius 1 is 1.17 bits per heavy atom. The fourth-order valence-electron chi connectivity index (χ4n) is 3.55. The number of benzene rings is 1. The molecule has 8 nitrogen and oxygen atoms in total. The minimum absolute atomic E-state index is 0.231. The Morgan fingerprint density at radius 2 is 1.87 bits per heavy atom. The van der Waals surface area contributed by atoms with E-state index in [1.807, 2.05) is 6.92 Å². The van der Waals surface area contributed by atoms with E-state index >= 15 is 0 Å². The van der Waals surface area contributed by atoms with E-state index in [2.05, 4.69) is 15.2 Å². The number of nitrogens with zero attached hydrogens (tertiary/aromatic N) is 4. The molecule has 4 rings (SSSR count). The van der Waals surface area contributed by atoms with Gasteiger partial charge in [-0.2, -0.15) is 0 Å². The van der Waals surface area contributed by atoms with Crippen molar-refractivity contribution < 1.29 is 4.79 Å². The minimum Gasteiger partial charge on any atom is -0.348 e. The molecule has 1 aliphatic heterocycles. The van der Waals surface area contributed by atoms with Crippen LogP contribution in [0.25, 0.3) is 10.3 Å². The lowest BCUT2D eigenvalue weighted by Crippen LogP contribution is -2.41. The standard InChI is InChI=1S/C20H22ClN5O3S/c1-2-9-25-18(28)16-17(23-19(30-16)24-10-3-4-11-24)26(20(25)29)12-15(27)22-14-7-5-13(21)6-8-14/h5-8H,2-4,9-12H2,1H3,(H,22,27). The van der Waals surface area contributed by atoms with Gasteiger partial charge in [0.15, 0.2) is 10.8 Å². The normalized spacial score (nSPS) is 13.9. The van der Waals surface area contributed by atoms with Crippen molar-refractivity contribution in [2.24, 2.45) is 0 Å². The highest BCUT2D eigenvalue weighted by Gasteiger charge is 2.23. The molecule has 0 spiro atoms. The average Bonchev–Trinajstić information content (AvgIpc) is 3.40. The van der Waals surface area contributed by atoms with Crippen LogP contribution in [0.4, 0.5) is 10.8 Å². The van der Waals surface area contributed by atoms with Gasteiger partial charge in [0.2, 0.25) is 5.91 Å². The molecular formula is C20H22ClN5O3S. The number of carbonyl (C=O) groups excluding carboxylic acids is 1. The van der Waals surface area contributed by atoms with Gasteiger partial charge in [0, 0.05) is 30.3 Å². The predicted molar refractivity (Wildman–Crippen MR) is 120 cm³/mol. The number of hydrogen-bond acceptors (Lipinski definition) is 6. The topological polar surface area (TPSA) is 89.2 Å². The largest absolute Gasteiger partial charge is 0.348 e. The van der Waals surface area contributed by atoms with E-state index < -0.39 is 5.69 Å². The average molecular weight is 448 g/mol. The van der Waals surface area contributed by atoms with Gasteiger partial charge >= 0.3 is 5.69 Å². The van der Waals surface area contributed by atoms with Gasteiger partial charge in [-0.3, -0.25) is 18.7 Å². The first-order valence-corrected chi connectivity index (χ1v) is 11.1. The zero-order valence-electron chi connectivity index (χ0n) is 16.6. The number of anilines is 2. The number of thiazole rings is 1. The second-order valence-corrected chi connectivity index (χ2v) is 8.64. The van der Waals surface area contributed by atoms with Crippen molar-refractivity contribution in [3.8, 4) is 0 Å². The molecule has 1 N–H and O–H groups in total. The molecule has 1 fully saturated rings. The maximum absolute atomic E-state index is 13.0. The Morgan fingerprint density at radius 3 is 2.53 bits per heavy atom. The first-order chi connectivity index (χ1) is 14.5. The van der Waals surface area contributed by atoms with Crippen molar-refractivity contribution >= 4 is 50.0 Å². The van der Waals surface area contributed by atoms with E-state index in [1.165, 1.54) is 20.5 Å². The summed E-state index contributed by atoms with van der Waals surface area (Å²) in [6, 6.07) is 6.72. The van der Waals surface area contributed by atoms with Gasteiger partial charge in [-0.15, -0.1) is 0 Å². The number of aromatic nitrogens is 3. The Balaban J connectivity index is 1.74. The van der Waals surface area contributed by atoms with Crippen LogP contribution in [-0.4, -0.2) is 33.1 Å². The molecule has 0 radical (unpaired) electrons. The fraction of sp³-hybridized carbons (Fsp3) is 0.400. The van der Waals surface area contributed by atoms with E-state index in [0.717, 1.165) is 31.1 Å². The number of fused-ring (bicyclic) bond motifs is 1. The van der Waals surface area contributed by atoms with E-state index in [4.69, 9.17) is 11.6 Å². The van der Waals surface area contributed by atoms with Gasteiger partial charge in [0.25, 0.3) is 5.56 Å². The molecule has 30 heavy (non-hydrogen) atoms. The van der Waals surface area contributed by atoms with Crippen LogP contribution in [0.2, 0.25) is 5.02 Å². The first kappa shape index (κ1) is 20.6. The van der Waals surface area contributed by atoms with E-state index in [9.17, 15) is 14.4 Å². The molecule has 158 valence electrons. The number of rotatable bonds is 6. The number of amides is 1. The van der Waals surface area contributed by atoms with Crippen molar-refractivity contribution in [3.63, 3.8) is 0 Å². The quantitative estimate of drug-likeness (QED) is 0.627. The molecule has 0 unspecified atom stereocenters. The Kier molecular flexibility index (Phi) is 5.92. The smallest absolute Gasteiger partial charge is 0.333 e. The minimum atomic E-state index is -0.515. The third-order valence-electron chi connectivity index (χ3n) is 5.01. The summed E-state index contributed by atoms with van der Waals surface area (Å²) in [4.78, 5) is 45.3. The Bertz CT molecular complexity index is 1190. The maximum Gasteiger partial charge on any atom is 0.333 e. The van der Waals surface area contributed by atoms with E-state index in [-0.39, 0.29) is 23.7 Å². The van der Waals surface area contributed by atoms with Crippen LogP contribution in [0.1, 0.15) is 26.2 Å². The van der Waals surface area contributed by atoms with Gasteiger partial charge in [-0.1, -0.05) is 29.9 Å². The first-order valence-electron chi connectivity index (χ1n) is 9.92. The van der Waals surface area contributed by atoms with Crippen LogP contribution >= 0.6 is 22.9 Å². The highest BCUT2D eigenvalue weighted by atomic mass is 35.5. The van der Waals surface area contributed by atoms with Crippen LogP contribution in [0.15, 0.2) is 33.9 Å². The number of halogens is 1. The van der Waals surface area contributed by atoms with Crippen LogP contribution in [-0.2, 0) is 17.9 Å². The van der Waals surface area contributed by atoms with Crippen molar-refractivity contribution in [2.45, 2.75) is 39.3 Å². The fourth-order valence-corrected chi connectivity index (χ4v) is 4.75. The lowest BCUT2D eigenvalue weighted by Gasteiger charge is -2.12. The molecule has 0 saturated carbocycles. The SMILES string of the molecule is CCCn1c(=O)c2sc(N3CCCC3)nc2n(CC(=O)Nc2ccc(Cl)cc2)c1=O. The van der Waals surface area contributed by atoms with Gasteiger partial charge in [0.05, 0.1) is 0 Å². The summed E-state index contributed by atoms with van der Waals surface area (Å²) < 4.78 is 2.90. The van der Waals surface area contributed by atoms with Crippen LogP contribution < -0.4 is 21.5 Å². The number of nitrogens with one attached hydrogen (secondary N) is 1. The van der Waals surface area contributed by atoms with Crippen molar-refractivity contribution in [2.75, 3.05) is 23.3 Å². The molecular weight excluding hydrogens is 426 g/mol. The molecule has 0 aliphatic carbocycles. The zero-order valence-corrected chi connectivity index (χ0v) is 18.1. The molecule has 0 atom stereocenters. The van der Waals surface area contributed by atoms with Gasteiger partial charge in [-0.25, -0.2) is 9.78 Å². The Labute approximate surface area is 181 Å². The third kappa shape index (κ3) is 3.99. The van der Waals surface area contributed by atoms with Crippen molar-refractivity contribution in [3.05, 3.63) is 50.1 Å². The van der Waals surface area contributed by atoms with Crippen LogP contribution in [0.5, 0.6) is 0 Å². The molecule has 1 saturated heterocycles. The molecule has 10 heteroatoms. The lowest BCUT2D eigenvalue weighted by molar-refractivity contribution is -0.116. The van der Waals surface area contributed by atoms with E-state index in [0.29, 0.717) is 28.4 Å². The molecule has 3 aromatic rings. The summed E-state index contributed by atoms with van der Waals surface area (Å²) in [5, 5.41) is 4.04. The van der Waals surface area contributed by atoms with Gasteiger partial charge in [-0.05, 0) is 43.5 Å². The van der Waals surface area contributed by atoms with E-state index in [1.54, 1.807) is 24.3 Å². The van der Waals surface area contributed by atoms with Crippen LogP contribution in [0.3, 0.4) is 0 Å².